The molecule has 0 spiro atoms. The first-order chi connectivity index (χ1) is 13.4. The molecule has 1 saturated carbocycles. The van der Waals surface area contributed by atoms with Crippen LogP contribution in [0, 0.1) is 12.8 Å². The lowest BCUT2D eigenvalue weighted by molar-refractivity contribution is 0.0687. The Balaban J connectivity index is 1.50. The molecule has 2 fully saturated rings. The highest BCUT2D eigenvalue weighted by Gasteiger charge is 2.30. The Kier molecular flexibility index (Phi) is 5.41. The standard InChI is InChI=1S/C22H33N5O/c1-15-20-18(14-19(17-7-8-17)23-21(20)26(4)24-15)22(28)27-12-9-16(10-13-27)6-5-11-25(2)3/h14,16-17H,5-13H2,1-4H3. The second-order valence-corrected chi connectivity index (χ2v) is 8.96. The second-order valence-electron chi connectivity index (χ2n) is 8.96. The SMILES string of the molecule is Cc1nn(C)c2nc(C3CC3)cc(C(=O)N3CCC(CCCN(C)C)CC3)c12. The Morgan fingerprint density at radius 3 is 2.57 bits per heavy atom. The van der Waals surface area contributed by atoms with Gasteiger partial charge in [-0.15, -0.1) is 0 Å². The number of hydrogen-bond acceptors (Lipinski definition) is 4. The summed E-state index contributed by atoms with van der Waals surface area (Å²) in [6.07, 6.45) is 7.12. The molecule has 6 nitrogen and oxygen atoms in total. The monoisotopic (exact) mass is 383 g/mol. The fourth-order valence-electron chi connectivity index (χ4n) is 4.51. The van der Waals surface area contributed by atoms with Gasteiger partial charge in [0.15, 0.2) is 5.65 Å². The highest BCUT2D eigenvalue weighted by molar-refractivity contribution is 6.06. The number of aryl methyl sites for hydroxylation is 2. The molecule has 0 N–H and O–H groups in total. The highest BCUT2D eigenvalue weighted by atomic mass is 16.2. The lowest BCUT2D eigenvalue weighted by atomic mass is 9.91. The molecular formula is C22H33N5O. The summed E-state index contributed by atoms with van der Waals surface area (Å²) in [5, 5.41) is 5.47. The molecule has 1 saturated heterocycles. The van der Waals surface area contributed by atoms with Crippen LogP contribution >= 0.6 is 0 Å². The van der Waals surface area contributed by atoms with Crippen molar-refractivity contribution in [2.75, 3.05) is 33.7 Å². The predicted molar refractivity (Wildman–Crippen MR) is 112 cm³/mol. The lowest BCUT2D eigenvalue weighted by Gasteiger charge is -2.32. The average molecular weight is 384 g/mol. The van der Waals surface area contributed by atoms with E-state index < -0.39 is 0 Å². The van der Waals surface area contributed by atoms with E-state index in [0.717, 1.165) is 66.4 Å². The number of piperidine rings is 1. The number of carbonyl (C=O) groups excluding carboxylic acids is 1. The molecule has 0 bridgehead atoms. The van der Waals surface area contributed by atoms with E-state index in [0.29, 0.717) is 5.92 Å². The molecule has 0 atom stereocenters. The average Bonchev–Trinajstić information content (AvgIpc) is 3.48. The topological polar surface area (TPSA) is 54.3 Å². The number of amides is 1. The van der Waals surface area contributed by atoms with E-state index in [4.69, 9.17) is 4.98 Å². The van der Waals surface area contributed by atoms with Crippen molar-refractivity contribution in [1.82, 2.24) is 24.6 Å². The Hall–Kier alpha value is -1.95. The number of aromatic nitrogens is 3. The van der Waals surface area contributed by atoms with E-state index in [1.807, 2.05) is 18.7 Å². The first kappa shape index (κ1) is 19.4. The number of likely N-dealkylation sites (tertiary alicyclic amines) is 1. The van der Waals surface area contributed by atoms with Crippen molar-refractivity contribution >= 4 is 16.9 Å². The van der Waals surface area contributed by atoms with Crippen molar-refractivity contribution < 1.29 is 4.79 Å². The van der Waals surface area contributed by atoms with Crippen LogP contribution in [-0.2, 0) is 7.05 Å². The largest absolute Gasteiger partial charge is 0.339 e. The molecule has 152 valence electrons. The van der Waals surface area contributed by atoms with Gasteiger partial charge in [-0.1, -0.05) is 0 Å². The van der Waals surface area contributed by atoms with E-state index in [1.54, 1.807) is 0 Å². The van der Waals surface area contributed by atoms with E-state index >= 15 is 0 Å². The molecule has 0 radical (unpaired) electrons. The van der Waals surface area contributed by atoms with Gasteiger partial charge in [0.1, 0.15) is 0 Å². The molecule has 1 amide bonds. The summed E-state index contributed by atoms with van der Waals surface area (Å²) in [6, 6.07) is 2.06. The summed E-state index contributed by atoms with van der Waals surface area (Å²) in [5.41, 5.74) is 3.62. The fraction of sp³-hybridized carbons (Fsp3) is 0.682. The van der Waals surface area contributed by atoms with Crippen LogP contribution < -0.4 is 0 Å². The third-order valence-electron chi connectivity index (χ3n) is 6.33. The summed E-state index contributed by atoms with van der Waals surface area (Å²) in [5.74, 6) is 1.44. The maximum atomic E-state index is 13.4. The Bertz CT molecular complexity index is 859. The third kappa shape index (κ3) is 3.93. The summed E-state index contributed by atoms with van der Waals surface area (Å²) < 4.78 is 1.82. The molecule has 28 heavy (non-hydrogen) atoms. The summed E-state index contributed by atoms with van der Waals surface area (Å²) >= 11 is 0. The van der Waals surface area contributed by atoms with Gasteiger partial charge < -0.3 is 9.80 Å². The van der Waals surface area contributed by atoms with Crippen LogP contribution in [0.1, 0.15) is 66.2 Å². The minimum Gasteiger partial charge on any atom is -0.339 e. The Labute approximate surface area is 167 Å². The molecule has 1 aliphatic heterocycles. The maximum absolute atomic E-state index is 13.4. The van der Waals surface area contributed by atoms with Gasteiger partial charge in [-0.3, -0.25) is 9.48 Å². The van der Waals surface area contributed by atoms with Crippen LogP contribution in [-0.4, -0.2) is 64.2 Å². The quantitative estimate of drug-likeness (QED) is 0.768. The molecular weight excluding hydrogens is 350 g/mol. The second kappa shape index (κ2) is 7.82. The van der Waals surface area contributed by atoms with Crippen molar-refractivity contribution in [1.29, 1.82) is 0 Å². The molecule has 6 heteroatoms. The van der Waals surface area contributed by atoms with Crippen LogP contribution in [0.3, 0.4) is 0 Å². The van der Waals surface area contributed by atoms with Crippen LogP contribution in [0.4, 0.5) is 0 Å². The number of pyridine rings is 1. The minimum atomic E-state index is 0.164. The molecule has 2 aromatic heterocycles. The normalized spacial score (nSPS) is 18.4. The molecule has 1 aliphatic carbocycles. The van der Waals surface area contributed by atoms with Crippen molar-refractivity contribution in [3.8, 4) is 0 Å². The van der Waals surface area contributed by atoms with E-state index in [9.17, 15) is 4.79 Å². The van der Waals surface area contributed by atoms with Gasteiger partial charge in [-0.25, -0.2) is 4.98 Å². The van der Waals surface area contributed by atoms with E-state index in [2.05, 4.69) is 35.1 Å². The number of rotatable bonds is 6. The summed E-state index contributed by atoms with van der Waals surface area (Å²) in [7, 11) is 6.19. The Morgan fingerprint density at radius 2 is 1.93 bits per heavy atom. The van der Waals surface area contributed by atoms with E-state index in [-0.39, 0.29) is 5.91 Å². The highest BCUT2D eigenvalue weighted by Crippen LogP contribution is 2.40. The minimum absolute atomic E-state index is 0.164. The van der Waals surface area contributed by atoms with Gasteiger partial charge in [0, 0.05) is 31.7 Å². The summed E-state index contributed by atoms with van der Waals surface area (Å²) in [4.78, 5) is 22.6. The third-order valence-corrected chi connectivity index (χ3v) is 6.33. The molecule has 0 aromatic carbocycles. The number of carbonyl (C=O) groups is 1. The fourth-order valence-corrected chi connectivity index (χ4v) is 4.51. The van der Waals surface area contributed by atoms with Gasteiger partial charge >= 0.3 is 0 Å². The summed E-state index contributed by atoms with van der Waals surface area (Å²) in [6.45, 7) is 4.87. The smallest absolute Gasteiger partial charge is 0.254 e. The molecule has 4 rings (SSSR count). The van der Waals surface area contributed by atoms with Crippen molar-refractivity contribution in [3.05, 3.63) is 23.0 Å². The van der Waals surface area contributed by atoms with Crippen molar-refractivity contribution in [3.63, 3.8) is 0 Å². The van der Waals surface area contributed by atoms with Gasteiger partial charge in [0.2, 0.25) is 0 Å². The molecule has 3 heterocycles. The first-order valence-electron chi connectivity index (χ1n) is 10.7. The van der Waals surface area contributed by atoms with Crippen molar-refractivity contribution in [2.45, 2.75) is 51.4 Å². The first-order valence-corrected chi connectivity index (χ1v) is 10.7. The lowest BCUT2D eigenvalue weighted by Crippen LogP contribution is -2.38. The van der Waals surface area contributed by atoms with Crippen LogP contribution in [0.5, 0.6) is 0 Å². The molecule has 2 aromatic rings. The Morgan fingerprint density at radius 1 is 1.21 bits per heavy atom. The molecule has 0 unspecified atom stereocenters. The van der Waals surface area contributed by atoms with Crippen LogP contribution in [0.15, 0.2) is 6.07 Å². The zero-order valence-corrected chi connectivity index (χ0v) is 17.7. The van der Waals surface area contributed by atoms with Gasteiger partial charge in [-0.05, 0) is 78.1 Å². The van der Waals surface area contributed by atoms with Crippen LogP contribution in [0.2, 0.25) is 0 Å². The van der Waals surface area contributed by atoms with Gasteiger partial charge in [0.25, 0.3) is 5.91 Å². The van der Waals surface area contributed by atoms with Gasteiger partial charge in [-0.2, -0.15) is 5.10 Å². The van der Waals surface area contributed by atoms with E-state index in [1.165, 1.54) is 25.7 Å². The number of fused-ring (bicyclic) bond motifs is 1. The van der Waals surface area contributed by atoms with Crippen molar-refractivity contribution in [2.24, 2.45) is 13.0 Å². The number of hydrogen-bond donors (Lipinski definition) is 0. The van der Waals surface area contributed by atoms with Gasteiger partial charge in [0.05, 0.1) is 16.6 Å². The van der Waals surface area contributed by atoms with Crippen LogP contribution in [0.25, 0.3) is 11.0 Å². The number of nitrogens with zero attached hydrogens (tertiary/aromatic N) is 5. The zero-order valence-electron chi connectivity index (χ0n) is 17.7. The maximum Gasteiger partial charge on any atom is 0.254 e. The molecule has 2 aliphatic rings. The zero-order chi connectivity index (χ0) is 19.8. The predicted octanol–water partition coefficient (Wildman–Crippen LogP) is 3.35.